The standard InChI is InChI=1S/C15H20N4O2/c1-17(2)13-8-6-5-7-12(13)16-9-11-10-18(3)15(21)19(4)14(11)20/h5-8,10,16H,9H2,1-4H3. The first-order valence-corrected chi connectivity index (χ1v) is 6.67. The first-order valence-electron chi connectivity index (χ1n) is 6.67. The number of benzene rings is 1. The molecule has 1 N–H and O–H groups in total. The first kappa shape index (κ1) is 14.9. The molecule has 6 nitrogen and oxygen atoms in total. The fourth-order valence-electron chi connectivity index (χ4n) is 2.21. The van der Waals surface area contributed by atoms with Crippen molar-refractivity contribution < 1.29 is 0 Å². The summed E-state index contributed by atoms with van der Waals surface area (Å²) in [5, 5.41) is 3.26. The zero-order valence-corrected chi connectivity index (χ0v) is 12.8. The second-order valence-electron chi connectivity index (χ2n) is 5.18. The Bertz CT molecular complexity index is 759. The molecule has 1 aromatic heterocycles. The summed E-state index contributed by atoms with van der Waals surface area (Å²) in [6.07, 6.45) is 1.58. The molecule has 0 spiro atoms. The van der Waals surface area contributed by atoms with Crippen molar-refractivity contribution in [1.82, 2.24) is 9.13 Å². The highest BCUT2D eigenvalue weighted by molar-refractivity contribution is 5.69. The highest BCUT2D eigenvalue weighted by atomic mass is 16.2. The summed E-state index contributed by atoms with van der Waals surface area (Å²) in [6, 6.07) is 7.86. The van der Waals surface area contributed by atoms with Crippen LogP contribution in [0.1, 0.15) is 5.56 Å². The summed E-state index contributed by atoms with van der Waals surface area (Å²) in [5.74, 6) is 0. The molecule has 0 aliphatic carbocycles. The molecule has 0 saturated carbocycles. The summed E-state index contributed by atoms with van der Waals surface area (Å²) in [6.45, 7) is 0.367. The number of rotatable bonds is 4. The number of aromatic nitrogens is 2. The lowest BCUT2D eigenvalue weighted by Crippen LogP contribution is -2.38. The lowest BCUT2D eigenvalue weighted by molar-refractivity contribution is 0.671. The molecule has 112 valence electrons. The molecule has 0 bridgehead atoms. The second kappa shape index (κ2) is 5.87. The third kappa shape index (κ3) is 2.99. The van der Waals surface area contributed by atoms with E-state index < -0.39 is 0 Å². The largest absolute Gasteiger partial charge is 0.379 e. The van der Waals surface area contributed by atoms with Gasteiger partial charge in [-0.15, -0.1) is 0 Å². The van der Waals surface area contributed by atoms with Gasteiger partial charge in [0.2, 0.25) is 0 Å². The van der Waals surface area contributed by atoms with Gasteiger partial charge >= 0.3 is 5.69 Å². The molecule has 1 aromatic carbocycles. The van der Waals surface area contributed by atoms with Gasteiger partial charge in [-0.25, -0.2) is 4.79 Å². The van der Waals surface area contributed by atoms with Gasteiger partial charge in [0.25, 0.3) is 5.56 Å². The Kier molecular flexibility index (Phi) is 4.16. The minimum atomic E-state index is -0.322. The number of anilines is 2. The summed E-state index contributed by atoms with van der Waals surface area (Å²) >= 11 is 0. The molecule has 2 rings (SSSR count). The van der Waals surface area contributed by atoms with Gasteiger partial charge in [0.1, 0.15) is 0 Å². The van der Waals surface area contributed by atoms with E-state index >= 15 is 0 Å². The summed E-state index contributed by atoms with van der Waals surface area (Å²) in [7, 11) is 7.05. The highest BCUT2D eigenvalue weighted by Crippen LogP contribution is 2.23. The van der Waals surface area contributed by atoms with Crippen LogP contribution in [-0.4, -0.2) is 23.2 Å². The van der Waals surface area contributed by atoms with Crippen LogP contribution in [0.25, 0.3) is 0 Å². The molecule has 0 atom stereocenters. The molecule has 21 heavy (non-hydrogen) atoms. The maximum Gasteiger partial charge on any atom is 0.330 e. The van der Waals surface area contributed by atoms with E-state index in [1.165, 1.54) is 11.6 Å². The number of aryl methyl sites for hydroxylation is 1. The van der Waals surface area contributed by atoms with Crippen LogP contribution in [0.2, 0.25) is 0 Å². The lowest BCUT2D eigenvalue weighted by atomic mass is 10.2. The fraction of sp³-hybridized carbons (Fsp3) is 0.333. The Morgan fingerprint density at radius 3 is 2.48 bits per heavy atom. The Labute approximate surface area is 123 Å². The van der Waals surface area contributed by atoms with Crippen LogP contribution >= 0.6 is 0 Å². The van der Waals surface area contributed by atoms with E-state index in [4.69, 9.17) is 0 Å². The molecule has 6 heteroatoms. The van der Waals surface area contributed by atoms with Crippen molar-refractivity contribution >= 4 is 11.4 Å². The predicted molar refractivity (Wildman–Crippen MR) is 85.0 cm³/mol. The number of nitrogens with zero attached hydrogens (tertiary/aromatic N) is 3. The number of para-hydroxylation sites is 2. The van der Waals surface area contributed by atoms with Crippen LogP contribution < -0.4 is 21.5 Å². The van der Waals surface area contributed by atoms with E-state index in [-0.39, 0.29) is 11.2 Å². The average molecular weight is 288 g/mol. The Hall–Kier alpha value is -2.50. The van der Waals surface area contributed by atoms with Crippen molar-refractivity contribution in [2.24, 2.45) is 14.1 Å². The van der Waals surface area contributed by atoms with Gasteiger partial charge in [-0.05, 0) is 12.1 Å². The number of hydrogen-bond acceptors (Lipinski definition) is 4. The normalized spacial score (nSPS) is 10.5. The maximum absolute atomic E-state index is 12.1. The van der Waals surface area contributed by atoms with Crippen LogP contribution in [0.4, 0.5) is 11.4 Å². The Morgan fingerprint density at radius 1 is 1.14 bits per heavy atom. The molecule has 1 heterocycles. The zero-order chi connectivity index (χ0) is 15.6. The van der Waals surface area contributed by atoms with Crippen LogP contribution in [0.3, 0.4) is 0 Å². The Morgan fingerprint density at radius 2 is 1.81 bits per heavy atom. The van der Waals surface area contributed by atoms with Crippen molar-refractivity contribution in [2.45, 2.75) is 6.54 Å². The van der Waals surface area contributed by atoms with Crippen LogP contribution in [0.5, 0.6) is 0 Å². The van der Waals surface area contributed by atoms with E-state index in [1.54, 1.807) is 13.2 Å². The molecule has 0 aliphatic rings. The van der Waals surface area contributed by atoms with Crippen molar-refractivity contribution in [3.05, 3.63) is 56.9 Å². The van der Waals surface area contributed by atoms with E-state index in [0.717, 1.165) is 15.9 Å². The first-order chi connectivity index (χ1) is 9.91. The molecular weight excluding hydrogens is 268 g/mol. The summed E-state index contributed by atoms with van der Waals surface area (Å²) in [4.78, 5) is 25.7. The minimum absolute atomic E-state index is 0.270. The molecule has 0 radical (unpaired) electrons. The molecule has 0 saturated heterocycles. The number of hydrogen-bond donors (Lipinski definition) is 1. The van der Waals surface area contributed by atoms with Crippen LogP contribution in [0, 0.1) is 0 Å². The average Bonchev–Trinajstić information content (AvgIpc) is 2.47. The highest BCUT2D eigenvalue weighted by Gasteiger charge is 2.08. The van der Waals surface area contributed by atoms with Crippen molar-refractivity contribution in [2.75, 3.05) is 24.3 Å². The maximum atomic E-state index is 12.1. The van der Waals surface area contributed by atoms with E-state index in [0.29, 0.717) is 12.1 Å². The fourth-order valence-corrected chi connectivity index (χ4v) is 2.21. The summed E-state index contributed by atoms with van der Waals surface area (Å²) in [5.41, 5.74) is 1.94. The Balaban J connectivity index is 2.30. The molecule has 0 fully saturated rings. The van der Waals surface area contributed by atoms with E-state index in [1.807, 2.05) is 43.3 Å². The number of nitrogens with one attached hydrogen (secondary N) is 1. The van der Waals surface area contributed by atoms with Gasteiger partial charge in [-0.1, -0.05) is 12.1 Å². The lowest BCUT2D eigenvalue weighted by Gasteiger charge is -2.18. The SMILES string of the molecule is CN(C)c1ccccc1NCc1cn(C)c(=O)n(C)c1=O. The molecule has 0 unspecified atom stereocenters. The predicted octanol–water partition coefficient (Wildman–Crippen LogP) is 0.762. The summed E-state index contributed by atoms with van der Waals surface area (Å²) < 4.78 is 2.53. The minimum Gasteiger partial charge on any atom is -0.379 e. The molecule has 0 aliphatic heterocycles. The van der Waals surface area contributed by atoms with Gasteiger partial charge in [-0.3, -0.25) is 9.36 Å². The second-order valence-corrected chi connectivity index (χ2v) is 5.18. The van der Waals surface area contributed by atoms with Gasteiger partial charge in [0.05, 0.1) is 16.9 Å². The topological polar surface area (TPSA) is 59.3 Å². The van der Waals surface area contributed by atoms with Crippen molar-refractivity contribution in [1.29, 1.82) is 0 Å². The van der Waals surface area contributed by atoms with E-state index in [9.17, 15) is 9.59 Å². The quantitative estimate of drug-likeness (QED) is 0.902. The molecule has 0 amide bonds. The van der Waals surface area contributed by atoms with E-state index in [2.05, 4.69) is 5.32 Å². The third-order valence-corrected chi connectivity index (χ3v) is 3.37. The van der Waals surface area contributed by atoms with Gasteiger partial charge in [0, 0.05) is 40.9 Å². The molecule has 2 aromatic rings. The monoisotopic (exact) mass is 288 g/mol. The van der Waals surface area contributed by atoms with Crippen molar-refractivity contribution in [3.8, 4) is 0 Å². The van der Waals surface area contributed by atoms with Crippen LogP contribution in [0.15, 0.2) is 40.1 Å². The van der Waals surface area contributed by atoms with Gasteiger partial charge < -0.3 is 14.8 Å². The smallest absolute Gasteiger partial charge is 0.330 e. The van der Waals surface area contributed by atoms with Gasteiger partial charge in [0.15, 0.2) is 0 Å². The van der Waals surface area contributed by atoms with Gasteiger partial charge in [-0.2, -0.15) is 0 Å². The third-order valence-electron chi connectivity index (χ3n) is 3.37. The zero-order valence-electron chi connectivity index (χ0n) is 12.8. The molecular formula is C15H20N4O2. The van der Waals surface area contributed by atoms with Crippen molar-refractivity contribution in [3.63, 3.8) is 0 Å². The van der Waals surface area contributed by atoms with Crippen LogP contribution in [-0.2, 0) is 20.6 Å².